The molecule has 0 fully saturated rings. The van der Waals surface area contributed by atoms with Gasteiger partial charge in [-0.1, -0.05) is 12.2 Å². The number of aliphatic imine (C=N–C) groups is 1. The summed E-state index contributed by atoms with van der Waals surface area (Å²) in [5.41, 5.74) is 1.26. The minimum absolute atomic E-state index is 0.213. The van der Waals surface area contributed by atoms with E-state index in [0.29, 0.717) is 0 Å². The van der Waals surface area contributed by atoms with Crippen LogP contribution in [0.2, 0.25) is 0 Å². The van der Waals surface area contributed by atoms with Crippen LogP contribution in [0.1, 0.15) is 0 Å². The molecule has 2 aliphatic rings. The van der Waals surface area contributed by atoms with Crippen LogP contribution in [0, 0.1) is 0 Å². The monoisotopic (exact) mass is 146 g/mol. The number of nitrogens with zero attached hydrogens (tertiary/aromatic N) is 2. The Morgan fingerprint density at radius 2 is 2.36 bits per heavy atom. The lowest BCUT2D eigenvalue weighted by Gasteiger charge is -2.27. The van der Waals surface area contributed by atoms with Gasteiger partial charge in [-0.05, 0) is 17.7 Å². The van der Waals surface area contributed by atoms with Crippen LogP contribution in [0.5, 0.6) is 0 Å². The summed E-state index contributed by atoms with van der Waals surface area (Å²) in [6.45, 7) is 0. The van der Waals surface area contributed by atoms with Crippen molar-refractivity contribution in [2.45, 2.75) is 6.17 Å². The molecule has 0 aromatic heterocycles. The topological polar surface area (TPSA) is 15.6 Å². The summed E-state index contributed by atoms with van der Waals surface area (Å²) in [6.07, 6.45) is 12.3. The Morgan fingerprint density at radius 3 is 3.18 bits per heavy atom. The van der Waals surface area contributed by atoms with E-state index in [2.05, 4.69) is 22.0 Å². The maximum atomic E-state index is 4.33. The third-order valence-corrected chi connectivity index (χ3v) is 1.90. The summed E-state index contributed by atoms with van der Waals surface area (Å²) in [6, 6.07) is 0. The zero-order valence-corrected chi connectivity index (χ0v) is 6.44. The zero-order valence-electron chi connectivity index (χ0n) is 6.44. The standard InChI is InChI=1S/C9H10N2/c1-11-7-3-5-8-4-2-6-10-9(8)11/h2-7,9H,1H3. The largest absolute Gasteiger partial charge is 0.355 e. The minimum Gasteiger partial charge on any atom is -0.355 e. The van der Waals surface area contributed by atoms with Crippen molar-refractivity contribution in [3.63, 3.8) is 0 Å². The van der Waals surface area contributed by atoms with E-state index in [0.717, 1.165) is 0 Å². The average Bonchev–Trinajstić information content (AvgIpc) is 2.06. The first-order valence-electron chi connectivity index (χ1n) is 3.68. The lowest BCUT2D eigenvalue weighted by Crippen LogP contribution is -2.29. The predicted octanol–water partition coefficient (Wildman–Crippen LogP) is 1.34. The molecule has 1 atom stereocenters. The van der Waals surface area contributed by atoms with Gasteiger partial charge in [-0.2, -0.15) is 0 Å². The molecule has 2 nitrogen and oxygen atoms in total. The van der Waals surface area contributed by atoms with Crippen molar-refractivity contribution in [1.82, 2.24) is 4.90 Å². The van der Waals surface area contributed by atoms with Crippen molar-refractivity contribution in [2.24, 2.45) is 4.99 Å². The molecule has 2 heterocycles. The predicted molar refractivity (Wildman–Crippen MR) is 46.4 cm³/mol. The van der Waals surface area contributed by atoms with Gasteiger partial charge in [0.2, 0.25) is 0 Å². The fraction of sp³-hybridized carbons (Fsp3) is 0.222. The van der Waals surface area contributed by atoms with E-state index in [4.69, 9.17) is 0 Å². The van der Waals surface area contributed by atoms with Gasteiger partial charge in [-0.15, -0.1) is 0 Å². The van der Waals surface area contributed by atoms with E-state index in [1.807, 2.05) is 31.6 Å². The SMILES string of the molecule is CN1C=CC=C2C=CC=NC21. The quantitative estimate of drug-likeness (QED) is 0.503. The highest BCUT2D eigenvalue weighted by molar-refractivity contribution is 5.74. The highest BCUT2D eigenvalue weighted by Crippen LogP contribution is 2.18. The van der Waals surface area contributed by atoms with Gasteiger partial charge in [0, 0.05) is 19.5 Å². The molecule has 56 valence electrons. The van der Waals surface area contributed by atoms with Crippen LogP contribution < -0.4 is 0 Å². The lowest BCUT2D eigenvalue weighted by atomic mass is 10.1. The first-order chi connectivity index (χ1) is 5.38. The molecule has 1 unspecified atom stereocenters. The van der Waals surface area contributed by atoms with Gasteiger partial charge in [0.1, 0.15) is 6.17 Å². The number of rotatable bonds is 0. The number of allylic oxidation sites excluding steroid dienone is 3. The van der Waals surface area contributed by atoms with Gasteiger partial charge in [-0.25, -0.2) is 0 Å². The van der Waals surface area contributed by atoms with Crippen LogP contribution in [0.25, 0.3) is 0 Å². The molecule has 0 aromatic rings. The maximum absolute atomic E-state index is 4.33. The van der Waals surface area contributed by atoms with Crippen molar-refractivity contribution < 1.29 is 0 Å². The smallest absolute Gasteiger partial charge is 0.146 e. The molecule has 0 spiro atoms. The molecular formula is C9H10N2. The Balaban J connectivity index is 2.35. The molecule has 2 heteroatoms. The third kappa shape index (κ3) is 1.00. The molecule has 0 amide bonds. The van der Waals surface area contributed by atoms with Crippen molar-refractivity contribution in [3.05, 3.63) is 36.1 Å². The second-order valence-electron chi connectivity index (χ2n) is 2.70. The fourth-order valence-electron chi connectivity index (χ4n) is 1.31. The molecule has 0 bridgehead atoms. The first kappa shape index (κ1) is 6.40. The van der Waals surface area contributed by atoms with Crippen LogP contribution in [-0.4, -0.2) is 24.3 Å². The van der Waals surface area contributed by atoms with Gasteiger partial charge in [0.05, 0.1) is 0 Å². The molecule has 0 aliphatic carbocycles. The van der Waals surface area contributed by atoms with E-state index in [1.54, 1.807) is 0 Å². The molecule has 0 saturated heterocycles. The summed E-state index contributed by atoms with van der Waals surface area (Å²) < 4.78 is 0. The lowest BCUT2D eigenvalue weighted by molar-refractivity contribution is 0.380. The second-order valence-corrected chi connectivity index (χ2v) is 2.70. The normalized spacial score (nSPS) is 26.8. The van der Waals surface area contributed by atoms with Gasteiger partial charge in [0.25, 0.3) is 0 Å². The van der Waals surface area contributed by atoms with Gasteiger partial charge >= 0.3 is 0 Å². The Morgan fingerprint density at radius 1 is 1.45 bits per heavy atom. The van der Waals surface area contributed by atoms with Gasteiger partial charge < -0.3 is 4.90 Å². The molecule has 0 N–H and O–H groups in total. The van der Waals surface area contributed by atoms with E-state index >= 15 is 0 Å². The molecule has 2 aliphatic heterocycles. The Bertz CT molecular complexity index is 271. The van der Waals surface area contributed by atoms with Gasteiger partial charge in [-0.3, -0.25) is 4.99 Å². The summed E-state index contributed by atoms with van der Waals surface area (Å²) >= 11 is 0. The van der Waals surface area contributed by atoms with Crippen LogP contribution in [-0.2, 0) is 0 Å². The molecular weight excluding hydrogens is 136 g/mol. The zero-order chi connectivity index (χ0) is 7.68. The van der Waals surface area contributed by atoms with Crippen molar-refractivity contribution in [3.8, 4) is 0 Å². The van der Waals surface area contributed by atoms with Crippen molar-refractivity contribution in [2.75, 3.05) is 7.05 Å². The summed E-state index contributed by atoms with van der Waals surface area (Å²) in [5.74, 6) is 0. The summed E-state index contributed by atoms with van der Waals surface area (Å²) in [4.78, 5) is 6.42. The molecule has 0 aromatic carbocycles. The van der Waals surface area contributed by atoms with E-state index < -0.39 is 0 Å². The number of fused-ring (bicyclic) bond motifs is 1. The third-order valence-electron chi connectivity index (χ3n) is 1.90. The van der Waals surface area contributed by atoms with Crippen molar-refractivity contribution >= 4 is 6.21 Å². The Hall–Kier alpha value is -1.31. The second kappa shape index (κ2) is 2.38. The number of hydrogen-bond donors (Lipinski definition) is 0. The number of likely N-dealkylation sites (N-methyl/N-ethyl adjacent to an activating group) is 1. The molecule has 2 rings (SSSR count). The maximum Gasteiger partial charge on any atom is 0.146 e. The van der Waals surface area contributed by atoms with Crippen molar-refractivity contribution in [1.29, 1.82) is 0 Å². The molecule has 0 radical (unpaired) electrons. The van der Waals surface area contributed by atoms with Crippen LogP contribution in [0.15, 0.2) is 41.1 Å². The average molecular weight is 146 g/mol. The van der Waals surface area contributed by atoms with Crippen LogP contribution >= 0.6 is 0 Å². The summed E-state index contributed by atoms with van der Waals surface area (Å²) in [7, 11) is 2.03. The Kier molecular flexibility index (Phi) is 1.39. The highest BCUT2D eigenvalue weighted by Gasteiger charge is 2.16. The fourth-order valence-corrected chi connectivity index (χ4v) is 1.31. The molecule has 11 heavy (non-hydrogen) atoms. The minimum atomic E-state index is 0.213. The first-order valence-corrected chi connectivity index (χ1v) is 3.68. The van der Waals surface area contributed by atoms with Crippen LogP contribution in [0.3, 0.4) is 0 Å². The Labute approximate surface area is 66.2 Å². The van der Waals surface area contributed by atoms with E-state index in [9.17, 15) is 0 Å². The highest BCUT2D eigenvalue weighted by atomic mass is 15.2. The molecule has 0 saturated carbocycles. The number of hydrogen-bond acceptors (Lipinski definition) is 2. The van der Waals surface area contributed by atoms with E-state index in [-0.39, 0.29) is 6.17 Å². The summed E-state index contributed by atoms with van der Waals surface area (Å²) in [5, 5.41) is 0. The van der Waals surface area contributed by atoms with Crippen LogP contribution in [0.4, 0.5) is 0 Å². The van der Waals surface area contributed by atoms with E-state index in [1.165, 1.54) is 5.57 Å². The number of dihydropyridines is 1. The van der Waals surface area contributed by atoms with Gasteiger partial charge in [0.15, 0.2) is 0 Å².